The Morgan fingerprint density at radius 3 is 2.57 bits per heavy atom. The Hall–Kier alpha value is -2.55. The van der Waals surface area contributed by atoms with E-state index in [1.54, 1.807) is 6.92 Å². The first-order valence-corrected chi connectivity index (χ1v) is 7.26. The van der Waals surface area contributed by atoms with E-state index in [1.165, 1.54) is 30.3 Å². The van der Waals surface area contributed by atoms with Crippen molar-refractivity contribution in [2.75, 3.05) is 11.3 Å². The molecule has 0 saturated carbocycles. The van der Waals surface area contributed by atoms with E-state index in [4.69, 9.17) is 14.4 Å². The third kappa shape index (κ3) is 3.96. The van der Waals surface area contributed by atoms with Crippen molar-refractivity contribution in [1.29, 1.82) is 0 Å². The Kier molecular flexibility index (Phi) is 4.13. The molecule has 1 aromatic heterocycles. The standard InChI is InChI=1S/C12H12N2O6S/c1-8-6-11(20-13-8)14-21(17,18)10-4-2-9(3-5-10)19-7-12(15)16/h2-6,14H,7H2,1H3,(H,15,16). The molecule has 0 amide bonds. The summed E-state index contributed by atoms with van der Waals surface area (Å²) in [5, 5.41) is 12.0. The average molecular weight is 312 g/mol. The highest BCUT2D eigenvalue weighted by Gasteiger charge is 2.16. The lowest BCUT2D eigenvalue weighted by atomic mass is 10.3. The summed E-state index contributed by atoms with van der Waals surface area (Å²) in [7, 11) is -3.80. The van der Waals surface area contributed by atoms with Crippen LogP contribution in [0.4, 0.5) is 5.88 Å². The second-order valence-electron chi connectivity index (χ2n) is 4.09. The molecule has 2 rings (SSSR count). The fourth-order valence-electron chi connectivity index (χ4n) is 1.46. The van der Waals surface area contributed by atoms with Gasteiger partial charge in [-0.05, 0) is 31.2 Å². The fourth-order valence-corrected chi connectivity index (χ4v) is 2.44. The summed E-state index contributed by atoms with van der Waals surface area (Å²) in [4.78, 5) is 10.3. The van der Waals surface area contributed by atoms with Crippen molar-refractivity contribution >= 4 is 21.9 Å². The van der Waals surface area contributed by atoms with E-state index in [2.05, 4.69) is 9.88 Å². The van der Waals surface area contributed by atoms with Gasteiger partial charge in [0.15, 0.2) is 6.61 Å². The predicted molar refractivity (Wildman–Crippen MR) is 71.6 cm³/mol. The van der Waals surface area contributed by atoms with Gasteiger partial charge in [-0.3, -0.25) is 0 Å². The van der Waals surface area contributed by atoms with Gasteiger partial charge in [0.25, 0.3) is 10.0 Å². The van der Waals surface area contributed by atoms with Gasteiger partial charge in [0, 0.05) is 6.07 Å². The molecule has 2 aromatic rings. The van der Waals surface area contributed by atoms with Crippen LogP contribution < -0.4 is 9.46 Å². The van der Waals surface area contributed by atoms with Crippen LogP contribution >= 0.6 is 0 Å². The highest BCUT2D eigenvalue weighted by molar-refractivity contribution is 7.92. The van der Waals surface area contributed by atoms with E-state index in [-0.39, 0.29) is 16.5 Å². The van der Waals surface area contributed by atoms with Gasteiger partial charge < -0.3 is 14.4 Å². The molecule has 0 unspecified atom stereocenters. The first kappa shape index (κ1) is 14.9. The van der Waals surface area contributed by atoms with Crippen molar-refractivity contribution in [2.45, 2.75) is 11.8 Å². The fraction of sp³-hybridized carbons (Fsp3) is 0.167. The van der Waals surface area contributed by atoms with Crippen LogP contribution in [0.25, 0.3) is 0 Å². The minimum atomic E-state index is -3.80. The molecule has 0 spiro atoms. The molecular formula is C12H12N2O6S. The number of anilines is 1. The normalized spacial score (nSPS) is 11.1. The number of aryl methyl sites for hydroxylation is 1. The monoisotopic (exact) mass is 312 g/mol. The third-order valence-corrected chi connectivity index (χ3v) is 3.72. The maximum atomic E-state index is 12.1. The molecule has 0 atom stereocenters. The summed E-state index contributed by atoms with van der Waals surface area (Å²) in [5.41, 5.74) is 0.546. The predicted octanol–water partition coefficient (Wildman–Crippen LogP) is 1.25. The number of nitrogens with one attached hydrogen (secondary N) is 1. The van der Waals surface area contributed by atoms with Crippen LogP contribution in [0, 0.1) is 6.92 Å². The van der Waals surface area contributed by atoms with Crippen molar-refractivity contribution in [3.63, 3.8) is 0 Å². The molecule has 21 heavy (non-hydrogen) atoms. The molecule has 1 aromatic carbocycles. The number of hydrogen-bond acceptors (Lipinski definition) is 6. The van der Waals surface area contributed by atoms with Gasteiger partial charge in [0.2, 0.25) is 5.88 Å². The van der Waals surface area contributed by atoms with Gasteiger partial charge in [-0.25, -0.2) is 17.9 Å². The van der Waals surface area contributed by atoms with Crippen molar-refractivity contribution < 1.29 is 27.6 Å². The number of carboxylic acid groups (broad SMARTS) is 1. The lowest BCUT2D eigenvalue weighted by Crippen LogP contribution is -2.13. The molecule has 0 aliphatic carbocycles. The summed E-state index contributed by atoms with van der Waals surface area (Å²) < 4.78 is 36.0. The number of aliphatic carboxylic acids is 1. The van der Waals surface area contributed by atoms with Crippen LogP contribution in [0.5, 0.6) is 5.75 Å². The number of hydrogen-bond donors (Lipinski definition) is 2. The topological polar surface area (TPSA) is 119 Å². The molecular weight excluding hydrogens is 300 g/mol. The van der Waals surface area contributed by atoms with Gasteiger partial charge >= 0.3 is 5.97 Å². The molecule has 0 radical (unpaired) electrons. The lowest BCUT2D eigenvalue weighted by Gasteiger charge is -2.06. The van der Waals surface area contributed by atoms with E-state index >= 15 is 0 Å². The highest BCUT2D eigenvalue weighted by atomic mass is 32.2. The second kappa shape index (κ2) is 5.83. The Morgan fingerprint density at radius 1 is 1.38 bits per heavy atom. The van der Waals surface area contributed by atoms with Gasteiger partial charge in [-0.15, -0.1) is 0 Å². The van der Waals surface area contributed by atoms with Crippen LogP contribution in [0.1, 0.15) is 5.69 Å². The van der Waals surface area contributed by atoms with Crippen LogP contribution in [-0.2, 0) is 14.8 Å². The third-order valence-electron chi connectivity index (χ3n) is 2.36. The largest absolute Gasteiger partial charge is 0.482 e. The Morgan fingerprint density at radius 2 is 2.05 bits per heavy atom. The number of nitrogens with zero attached hydrogens (tertiary/aromatic N) is 1. The van der Waals surface area contributed by atoms with Crippen LogP contribution in [-0.4, -0.2) is 31.3 Å². The highest BCUT2D eigenvalue weighted by Crippen LogP contribution is 2.19. The van der Waals surface area contributed by atoms with E-state index < -0.39 is 22.6 Å². The van der Waals surface area contributed by atoms with E-state index in [1.807, 2.05) is 0 Å². The Balaban J connectivity index is 2.11. The van der Waals surface area contributed by atoms with E-state index in [9.17, 15) is 13.2 Å². The summed E-state index contributed by atoms with van der Waals surface area (Å²) in [6.07, 6.45) is 0. The molecule has 9 heteroatoms. The molecule has 0 aliphatic rings. The van der Waals surface area contributed by atoms with Crippen molar-refractivity contribution in [2.24, 2.45) is 0 Å². The first-order valence-electron chi connectivity index (χ1n) is 5.77. The van der Waals surface area contributed by atoms with Gasteiger partial charge in [0.05, 0.1) is 10.6 Å². The van der Waals surface area contributed by atoms with Crippen LogP contribution in [0.2, 0.25) is 0 Å². The molecule has 0 bridgehead atoms. The zero-order valence-electron chi connectivity index (χ0n) is 10.9. The number of ether oxygens (including phenoxy) is 1. The molecule has 2 N–H and O–H groups in total. The van der Waals surface area contributed by atoms with Crippen LogP contribution in [0.3, 0.4) is 0 Å². The SMILES string of the molecule is Cc1cc(NS(=O)(=O)c2ccc(OCC(=O)O)cc2)on1. The molecule has 0 aliphatic heterocycles. The minimum absolute atomic E-state index is 0.0127. The zero-order valence-corrected chi connectivity index (χ0v) is 11.8. The van der Waals surface area contributed by atoms with Gasteiger partial charge in [-0.1, -0.05) is 5.16 Å². The van der Waals surface area contributed by atoms with Crippen molar-refractivity contribution in [3.05, 3.63) is 36.0 Å². The number of rotatable bonds is 6. The summed E-state index contributed by atoms with van der Waals surface area (Å²) in [5.74, 6) is -0.848. The zero-order chi connectivity index (χ0) is 15.5. The summed E-state index contributed by atoms with van der Waals surface area (Å²) in [6, 6.07) is 6.76. The maximum Gasteiger partial charge on any atom is 0.341 e. The number of sulfonamides is 1. The quantitative estimate of drug-likeness (QED) is 0.823. The molecule has 0 saturated heterocycles. The second-order valence-corrected chi connectivity index (χ2v) is 5.77. The number of benzene rings is 1. The average Bonchev–Trinajstić information content (AvgIpc) is 2.81. The van der Waals surface area contributed by atoms with Gasteiger partial charge in [-0.2, -0.15) is 0 Å². The number of aromatic nitrogens is 1. The summed E-state index contributed by atoms with van der Waals surface area (Å²) >= 11 is 0. The lowest BCUT2D eigenvalue weighted by molar-refractivity contribution is -0.139. The number of carbonyl (C=O) groups is 1. The van der Waals surface area contributed by atoms with Crippen LogP contribution in [0.15, 0.2) is 39.8 Å². The molecule has 112 valence electrons. The van der Waals surface area contributed by atoms with E-state index in [0.717, 1.165) is 0 Å². The molecule has 1 heterocycles. The maximum absolute atomic E-state index is 12.1. The minimum Gasteiger partial charge on any atom is -0.482 e. The van der Waals surface area contributed by atoms with E-state index in [0.29, 0.717) is 5.69 Å². The molecule has 0 fully saturated rings. The van der Waals surface area contributed by atoms with Crippen molar-refractivity contribution in [3.8, 4) is 5.75 Å². The first-order chi connectivity index (χ1) is 9.87. The Bertz CT molecular complexity index is 735. The summed E-state index contributed by atoms with van der Waals surface area (Å²) in [6.45, 7) is 1.16. The van der Waals surface area contributed by atoms with Gasteiger partial charge in [0.1, 0.15) is 5.75 Å². The molecule has 8 nitrogen and oxygen atoms in total. The smallest absolute Gasteiger partial charge is 0.341 e. The van der Waals surface area contributed by atoms with Crippen molar-refractivity contribution in [1.82, 2.24) is 5.16 Å². The Labute approximate surface area is 120 Å². The number of carboxylic acids is 1.